The van der Waals surface area contributed by atoms with Crippen molar-refractivity contribution in [2.75, 3.05) is 7.11 Å². The lowest BCUT2D eigenvalue weighted by molar-refractivity contribution is 0.0941. The van der Waals surface area contributed by atoms with Crippen LogP contribution in [0, 0.1) is 0 Å². The first kappa shape index (κ1) is 23.4. The van der Waals surface area contributed by atoms with Crippen molar-refractivity contribution in [3.63, 3.8) is 0 Å². The topological polar surface area (TPSA) is 68.5 Å². The fourth-order valence-corrected chi connectivity index (χ4v) is 3.83. The molecule has 6 nitrogen and oxygen atoms in total. The van der Waals surface area contributed by atoms with E-state index in [4.69, 9.17) is 4.74 Å². The largest absolute Gasteiger partial charge is 0.497 e. The van der Waals surface area contributed by atoms with Crippen LogP contribution in [0.25, 0.3) is 16.9 Å². The Kier molecular flexibility index (Phi) is 6.86. The van der Waals surface area contributed by atoms with Crippen molar-refractivity contribution in [1.82, 2.24) is 19.9 Å². The number of methoxy groups -OCH3 is 1. The number of ether oxygens (including phenoxy) is 1. The number of hydrogen-bond donors (Lipinski definition) is 1. The van der Waals surface area contributed by atoms with E-state index in [-0.39, 0.29) is 22.9 Å². The van der Waals surface area contributed by atoms with Gasteiger partial charge in [0, 0.05) is 5.56 Å². The fourth-order valence-electron chi connectivity index (χ4n) is 3.83. The number of carbonyl (C=O) groups is 1. The molecule has 2 aromatic carbocycles. The van der Waals surface area contributed by atoms with E-state index in [9.17, 15) is 13.6 Å². The minimum Gasteiger partial charge on any atom is -0.497 e. The van der Waals surface area contributed by atoms with Crippen LogP contribution in [0.15, 0.2) is 60.8 Å². The van der Waals surface area contributed by atoms with Crippen molar-refractivity contribution in [2.45, 2.75) is 39.2 Å². The number of aryl methyl sites for hydroxylation is 1. The van der Waals surface area contributed by atoms with Gasteiger partial charge in [0.1, 0.15) is 17.0 Å². The maximum absolute atomic E-state index is 13.8. The summed E-state index contributed by atoms with van der Waals surface area (Å²) in [4.78, 5) is 17.6. The van der Waals surface area contributed by atoms with Gasteiger partial charge in [-0.3, -0.25) is 4.79 Å². The molecule has 2 aromatic heterocycles. The molecule has 2 heterocycles. The van der Waals surface area contributed by atoms with Gasteiger partial charge in [-0.05, 0) is 54.8 Å². The molecule has 0 saturated carbocycles. The summed E-state index contributed by atoms with van der Waals surface area (Å²) in [6.45, 7) is 4.00. The normalized spacial score (nSPS) is 12.2. The third-order valence-electron chi connectivity index (χ3n) is 5.72. The van der Waals surface area contributed by atoms with Gasteiger partial charge in [-0.2, -0.15) is 5.10 Å². The van der Waals surface area contributed by atoms with E-state index < -0.39 is 12.3 Å². The summed E-state index contributed by atoms with van der Waals surface area (Å²) in [6.07, 6.45) is 0.544. The maximum Gasteiger partial charge on any atom is 0.280 e. The summed E-state index contributed by atoms with van der Waals surface area (Å²) in [5.41, 5.74) is 3.00. The van der Waals surface area contributed by atoms with Crippen LogP contribution in [0.2, 0.25) is 0 Å². The molecule has 34 heavy (non-hydrogen) atoms. The number of nitrogens with one attached hydrogen (secondary N) is 1. The summed E-state index contributed by atoms with van der Waals surface area (Å²) in [7, 11) is 1.55. The molecule has 1 amide bonds. The number of hydrogen-bond acceptors (Lipinski definition) is 4. The van der Waals surface area contributed by atoms with Crippen LogP contribution in [-0.2, 0) is 6.42 Å². The van der Waals surface area contributed by atoms with Gasteiger partial charge in [0.25, 0.3) is 12.3 Å². The Morgan fingerprint density at radius 2 is 1.82 bits per heavy atom. The molecule has 0 saturated heterocycles. The molecular formula is C26H26F2N4O2. The van der Waals surface area contributed by atoms with Crippen LogP contribution in [-0.4, -0.2) is 27.6 Å². The lowest BCUT2D eigenvalue weighted by atomic mass is 10.0. The zero-order valence-corrected chi connectivity index (χ0v) is 19.3. The number of amides is 1. The SMILES string of the molecule is CCCc1ccc([C@@H](C)NC(=O)c2cnn3c(C(F)F)cc(-c4ccc(OC)cc4)nc23)cc1. The van der Waals surface area contributed by atoms with E-state index in [0.717, 1.165) is 22.9 Å². The first-order valence-corrected chi connectivity index (χ1v) is 11.1. The molecule has 0 bridgehead atoms. The Morgan fingerprint density at radius 3 is 2.44 bits per heavy atom. The Morgan fingerprint density at radius 1 is 1.12 bits per heavy atom. The van der Waals surface area contributed by atoms with Crippen LogP contribution in [0.3, 0.4) is 0 Å². The van der Waals surface area contributed by atoms with Crippen molar-refractivity contribution >= 4 is 11.6 Å². The van der Waals surface area contributed by atoms with Crippen molar-refractivity contribution in [2.24, 2.45) is 0 Å². The third-order valence-corrected chi connectivity index (χ3v) is 5.72. The van der Waals surface area contributed by atoms with Crippen molar-refractivity contribution in [3.8, 4) is 17.0 Å². The Bertz CT molecular complexity index is 1280. The van der Waals surface area contributed by atoms with E-state index in [1.165, 1.54) is 17.8 Å². The third kappa shape index (κ3) is 4.76. The number of nitrogens with zero attached hydrogens (tertiary/aromatic N) is 3. The molecule has 0 aliphatic carbocycles. The minimum absolute atomic E-state index is 0.0756. The van der Waals surface area contributed by atoms with E-state index in [0.29, 0.717) is 17.0 Å². The predicted molar refractivity (Wildman–Crippen MR) is 126 cm³/mol. The van der Waals surface area contributed by atoms with E-state index in [1.807, 2.05) is 19.1 Å². The molecule has 0 spiro atoms. The highest BCUT2D eigenvalue weighted by Crippen LogP contribution is 2.28. The number of aromatic nitrogens is 3. The molecule has 0 aliphatic rings. The molecule has 0 unspecified atom stereocenters. The zero-order valence-electron chi connectivity index (χ0n) is 19.3. The number of alkyl halides is 2. The summed E-state index contributed by atoms with van der Waals surface area (Å²) < 4.78 is 33.8. The first-order valence-electron chi connectivity index (χ1n) is 11.1. The van der Waals surface area contributed by atoms with E-state index in [2.05, 4.69) is 34.5 Å². The molecule has 1 atom stereocenters. The molecule has 4 rings (SSSR count). The molecule has 8 heteroatoms. The van der Waals surface area contributed by atoms with Crippen LogP contribution in [0.1, 0.15) is 59.9 Å². The van der Waals surface area contributed by atoms with Gasteiger partial charge in [-0.15, -0.1) is 0 Å². The quantitative estimate of drug-likeness (QED) is 0.359. The molecule has 0 aliphatic heterocycles. The average Bonchev–Trinajstić information content (AvgIpc) is 3.28. The molecule has 0 radical (unpaired) electrons. The lowest BCUT2D eigenvalue weighted by Gasteiger charge is -2.15. The second-order valence-electron chi connectivity index (χ2n) is 8.08. The van der Waals surface area contributed by atoms with Gasteiger partial charge >= 0.3 is 0 Å². The van der Waals surface area contributed by atoms with Gasteiger partial charge in [0.2, 0.25) is 0 Å². The zero-order chi connectivity index (χ0) is 24.2. The standard InChI is InChI=1S/C26H26F2N4O2/c1-4-5-17-6-8-18(9-7-17)16(2)30-26(33)21-15-29-32-23(24(27)28)14-22(31-25(21)32)19-10-12-20(34-3)13-11-19/h6-16,24H,4-5H2,1-3H3,(H,30,33)/t16-/m1/s1. The summed E-state index contributed by atoms with van der Waals surface area (Å²) in [5, 5.41) is 6.96. The second-order valence-corrected chi connectivity index (χ2v) is 8.08. The number of fused-ring (bicyclic) bond motifs is 1. The molecule has 176 valence electrons. The first-order chi connectivity index (χ1) is 16.4. The maximum atomic E-state index is 13.8. The second kappa shape index (κ2) is 9.99. The number of rotatable bonds is 8. The highest BCUT2D eigenvalue weighted by molar-refractivity contribution is 6.00. The fraction of sp³-hybridized carbons (Fsp3) is 0.269. The molecule has 4 aromatic rings. The van der Waals surface area contributed by atoms with E-state index >= 15 is 0 Å². The van der Waals surface area contributed by atoms with Gasteiger partial charge in [0.15, 0.2) is 5.65 Å². The Balaban J connectivity index is 1.66. The predicted octanol–water partition coefficient (Wildman–Crippen LogP) is 5.79. The number of carbonyl (C=O) groups excluding carboxylic acids is 1. The highest BCUT2D eigenvalue weighted by Gasteiger charge is 2.22. The van der Waals surface area contributed by atoms with Gasteiger partial charge in [-0.1, -0.05) is 37.6 Å². The highest BCUT2D eigenvalue weighted by atomic mass is 19.3. The monoisotopic (exact) mass is 464 g/mol. The van der Waals surface area contributed by atoms with Gasteiger partial charge < -0.3 is 10.1 Å². The van der Waals surface area contributed by atoms with E-state index in [1.54, 1.807) is 31.4 Å². The molecule has 0 fully saturated rings. The van der Waals surface area contributed by atoms with Crippen LogP contribution < -0.4 is 10.1 Å². The van der Waals surface area contributed by atoms with Gasteiger partial charge in [0.05, 0.1) is 25.0 Å². The summed E-state index contributed by atoms with van der Waals surface area (Å²) >= 11 is 0. The van der Waals surface area contributed by atoms with Crippen molar-refractivity contribution in [3.05, 3.63) is 83.2 Å². The lowest BCUT2D eigenvalue weighted by Crippen LogP contribution is -2.26. The molecule has 1 N–H and O–H groups in total. The smallest absolute Gasteiger partial charge is 0.280 e. The molecular weight excluding hydrogens is 438 g/mol. The Labute approximate surface area is 196 Å². The number of halogens is 2. The average molecular weight is 465 g/mol. The van der Waals surface area contributed by atoms with Crippen molar-refractivity contribution in [1.29, 1.82) is 0 Å². The summed E-state index contributed by atoms with van der Waals surface area (Å²) in [6, 6.07) is 16.0. The van der Waals surface area contributed by atoms with Crippen LogP contribution in [0.5, 0.6) is 5.75 Å². The van der Waals surface area contributed by atoms with Crippen LogP contribution in [0.4, 0.5) is 8.78 Å². The van der Waals surface area contributed by atoms with Gasteiger partial charge in [-0.25, -0.2) is 18.3 Å². The summed E-state index contributed by atoms with van der Waals surface area (Å²) in [5.74, 6) is 0.208. The Hall–Kier alpha value is -3.81. The minimum atomic E-state index is -2.79. The van der Waals surface area contributed by atoms with Crippen LogP contribution >= 0.6 is 0 Å². The van der Waals surface area contributed by atoms with Crippen molar-refractivity contribution < 1.29 is 18.3 Å². The number of benzene rings is 2.